The van der Waals surface area contributed by atoms with E-state index in [0.717, 1.165) is 49.4 Å². The van der Waals surface area contributed by atoms with Gasteiger partial charge in [0.05, 0.1) is 13.2 Å². The van der Waals surface area contributed by atoms with Gasteiger partial charge in [0.25, 0.3) is 0 Å². The maximum absolute atomic E-state index is 6.00. The van der Waals surface area contributed by atoms with E-state index in [0.29, 0.717) is 12.5 Å². The van der Waals surface area contributed by atoms with Gasteiger partial charge in [-0.3, -0.25) is 0 Å². The van der Waals surface area contributed by atoms with Crippen molar-refractivity contribution in [3.8, 4) is 5.75 Å². The van der Waals surface area contributed by atoms with E-state index in [1.165, 1.54) is 32.4 Å². The molecule has 1 saturated heterocycles. The lowest BCUT2D eigenvalue weighted by Gasteiger charge is -2.16. The first kappa shape index (κ1) is 22.3. The molecule has 0 spiro atoms. The van der Waals surface area contributed by atoms with Gasteiger partial charge in [0.15, 0.2) is 5.96 Å². The lowest BCUT2D eigenvalue weighted by atomic mass is 10.1. The van der Waals surface area contributed by atoms with Gasteiger partial charge in [0.1, 0.15) is 5.75 Å². The van der Waals surface area contributed by atoms with Crippen LogP contribution in [0.25, 0.3) is 0 Å². The molecule has 0 amide bonds. The first-order valence-electron chi connectivity index (χ1n) is 10.2. The van der Waals surface area contributed by atoms with Crippen LogP contribution in [-0.4, -0.2) is 50.2 Å². The third kappa shape index (κ3) is 7.49. The molecule has 0 bridgehead atoms. The summed E-state index contributed by atoms with van der Waals surface area (Å²) in [6.07, 6.45) is 3.90. The number of hydrogen-bond donors (Lipinski definition) is 2. The number of para-hydroxylation sites is 1. The zero-order valence-electron chi connectivity index (χ0n) is 16.7. The molecule has 0 radical (unpaired) electrons. The quantitative estimate of drug-likeness (QED) is 0.319. The molecule has 2 N–H and O–H groups in total. The Labute approximate surface area is 181 Å². The van der Waals surface area contributed by atoms with E-state index in [4.69, 9.17) is 9.73 Å². The molecule has 1 aromatic rings. The van der Waals surface area contributed by atoms with Gasteiger partial charge < -0.3 is 20.3 Å². The molecule has 2 fully saturated rings. The molecule has 0 aromatic heterocycles. The van der Waals surface area contributed by atoms with Crippen molar-refractivity contribution in [2.24, 2.45) is 16.8 Å². The third-order valence-electron chi connectivity index (χ3n) is 5.27. The fourth-order valence-corrected chi connectivity index (χ4v) is 3.38. The smallest absolute Gasteiger partial charge is 0.191 e. The molecule has 1 atom stereocenters. The number of nitrogens with one attached hydrogen (secondary N) is 2. The minimum absolute atomic E-state index is 0. The number of benzene rings is 1. The molecule has 5 nitrogen and oxygen atoms in total. The van der Waals surface area contributed by atoms with E-state index in [2.05, 4.69) is 47.6 Å². The van der Waals surface area contributed by atoms with Crippen molar-refractivity contribution < 1.29 is 4.74 Å². The number of nitrogens with zero attached hydrogens (tertiary/aromatic N) is 2. The highest BCUT2D eigenvalue weighted by Crippen LogP contribution is 2.30. The lowest BCUT2D eigenvalue weighted by Crippen LogP contribution is -2.40. The molecule has 27 heavy (non-hydrogen) atoms. The van der Waals surface area contributed by atoms with Gasteiger partial charge in [-0.05, 0) is 57.2 Å². The molecule has 1 aliphatic heterocycles. The van der Waals surface area contributed by atoms with Crippen LogP contribution in [0.15, 0.2) is 29.3 Å². The summed E-state index contributed by atoms with van der Waals surface area (Å²) in [6, 6.07) is 8.28. The van der Waals surface area contributed by atoms with E-state index in [-0.39, 0.29) is 24.0 Å². The van der Waals surface area contributed by atoms with Crippen molar-refractivity contribution in [1.29, 1.82) is 0 Å². The summed E-state index contributed by atoms with van der Waals surface area (Å²) < 4.78 is 6.00. The van der Waals surface area contributed by atoms with Crippen molar-refractivity contribution in [1.82, 2.24) is 15.5 Å². The van der Waals surface area contributed by atoms with Crippen LogP contribution in [0.4, 0.5) is 0 Å². The predicted molar refractivity (Wildman–Crippen MR) is 123 cm³/mol. The van der Waals surface area contributed by atoms with E-state index in [1.54, 1.807) is 0 Å². The molecule has 1 saturated carbocycles. The maximum atomic E-state index is 6.00. The molecule has 1 unspecified atom stereocenters. The van der Waals surface area contributed by atoms with Gasteiger partial charge in [0.2, 0.25) is 0 Å². The second-order valence-corrected chi connectivity index (χ2v) is 7.49. The summed E-state index contributed by atoms with van der Waals surface area (Å²) in [5.41, 5.74) is 1.16. The third-order valence-corrected chi connectivity index (χ3v) is 5.27. The average molecular weight is 486 g/mol. The minimum atomic E-state index is 0. The summed E-state index contributed by atoms with van der Waals surface area (Å²) in [5.74, 6) is 3.36. The Morgan fingerprint density at radius 1 is 1.15 bits per heavy atom. The van der Waals surface area contributed by atoms with Crippen LogP contribution in [0.2, 0.25) is 0 Å². The molecule has 3 rings (SSSR count). The molecule has 2 aliphatic rings. The minimum Gasteiger partial charge on any atom is -0.493 e. The summed E-state index contributed by atoms with van der Waals surface area (Å²) >= 11 is 0. The monoisotopic (exact) mass is 486 g/mol. The first-order chi connectivity index (χ1) is 12.8. The van der Waals surface area contributed by atoms with Crippen LogP contribution in [0.1, 0.15) is 38.7 Å². The molecular formula is C21H35IN4O. The maximum Gasteiger partial charge on any atom is 0.191 e. The van der Waals surface area contributed by atoms with Crippen LogP contribution in [-0.2, 0) is 6.54 Å². The highest BCUT2D eigenvalue weighted by Gasteiger charge is 2.22. The summed E-state index contributed by atoms with van der Waals surface area (Å²) in [7, 11) is 0. The molecule has 152 valence electrons. The lowest BCUT2D eigenvalue weighted by molar-refractivity contribution is 0.297. The van der Waals surface area contributed by atoms with Crippen molar-refractivity contribution in [2.45, 2.75) is 39.7 Å². The van der Waals surface area contributed by atoms with Gasteiger partial charge in [-0.25, -0.2) is 4.99 Å². The molecule has 1 heterocycles. The fraction of sp³-hybridized carbons (Fsp3) is 0.667. The Kier molecular flexibility index (Phi) is 9.68. The number of hydrogen-bond acceptors (Lipinski definition) is 3. The fourth-order valence-electron chi connectivity index (χ4n) is 3.38. The van der Waals surface area contributed by atoms with Gasteiger partial charge in [-0.1, -0.05) is 25.1 Å². The Balaban J connectivity index is 0.00000261. The normalized spacial score (nSPS) is 20.2. The first-order valence-corrected chi connectivity index (χ1v) is 10.2. The van der Waals surface area contributed by atoms with Crippen LogP contribution in [0, 0.1) is 11.8 Å². The summed E-state index contributed by atoms with van der Waals surface area (Å²) in [6.45, 7) is 11.3. The van der Waals surface area contributed by atoms with Gasteiger partial charge in [0, 0.05) is 25.2 Å². The highest BCUT2D eigenvalue weighted by atomic mass is 127. The van der Waals surface area contributed by atoms with Crippen molar-refractivity contribution >= 4 is 29.9 Å². The standard InChI is InChI=1S/C21H34N4O.HI/c1-3-22-21(23-13-18-11-12-25(4-2)15-18)24-14-19-7-5-6-8-20(19)26-16-17-9-10-17;/h5-8,17-18H,3-4,9-16H2,1-2H3,(H2,22,23,24);1H. The van der Waals surface area contributed by atoms with Crippen LogP contribution in [0.5, 0.6) is 5.75 Å². The topological polar surface area (TPSA) is 48.9 Å². The number of aliphatic imine (C=N–C) groups is 1. The van der Waals surface area contributed by atoms with Crippen LogP contribution < -0.4 is 15.4 Å². The number of rotatable bonds is 9. The zero-order chi connectivity index (χ0) is 18.2. The van der Waals surface area contributed by atoms with E-state index in [1.807, 2.05) is 6.07 Å². The summed E-state index contributed by atoms with van der Waals surface area (Å²) in [5, 5.41) is 6.89. The largest absolute Gasteiger partial charge is 0.493 e. The second-order valence-electron chi connectivity index (χ2n) is 7.49. The van der Waals surface area contributed by atoms with Crippen molar-refractivity contribution in [3.63, 3.8) is 0 Å². The van der Waals surface area contributed by atoms with Crippen LogP contribution >= 0.6 is 24.0 Å². The van der Waals surface area contributed by atoms with E-state index >= 15 is 0 Å². The molecule has 1 aromatic carbocycles. The molecule has 1 aliphatic carbocycles. The Bertz CT molecular complexity index is 591. The zero-order valence-corrected chi connectivity index (χ0v) is 19.1. The Morgan fingerprint density at radius 3 is 2.67 bits per heavy atom. The molecule has 6 heteroatoms. The summed E-state index contributed by atoms with van der Waals surface area (Å²) in [4.78, 5) is 7.31. The van der Waals surface area contributed by atoms with Gasteiger partial charge in [-0.2, -0.15) is 0 Å². The number of likely N-dealkylation sites (tertiary alicyclic amines) is 1. The number of guanidine groups is 1. The Morgan fingerprint density at radius 2 is 1.96 bits per heavy atom. The van der Waals surface area contributed by atoms with E-state index < -0.39 is 0 Å². The predicted octanol–water partition coefficient (Wildman–Crippen LogP) is 3.49. The second kappa shape index (κ2) is 11.7. The van der Waals surface area contributed by atoms with Gasteiger partial charge in [-0.15, -0.1) is 24.0 Å². The van der Waals surface area contributed by atoms with Crippen LogP contribution in [0.3, 0.4) is 0 Å². The van der Waals surface area contributed by atoms with Crippen molar-refractivity contribution in [3.05, 3.63) is 29.8 Å². The average Bonchev–Trinajstić information content (AvgIpc) is 3.39. The number of halogens is 1. The van der Waals surface area contributed by atoms with Gasteiger partial charge >= 0.3 is 0 Å². The Hall–Kier alpha value is -1.02. The highest BCUT2D eigenvalue weighted by molar-refractivity contribution is 14.0. The number of ether oxygens (including phenoxy) is 1. The van der Waals surface area contributed by atoms with Crippen molar-refractivity contribution in [2.75, 3.05) is 39.3 Å². The molecular weight excluding hydrogens is 451 g/mol. The SMILES string of the molecule is CCNC(=NCc1ccccc1OCC1CC1)NCC1CCN(CC)C1.I. The van der Waals surface area contributed by atoms with E-state index in [9.17, 15) is 0 Å².